The van der Waals surface area contributed by atoms with Gasteiger partial charge in [0.25, 0.3) is 0 Å². The highest BCUT2D eigenvalue weighted by Gasteiger charge is 2.07. The van der Waals surface area contributed by atoms with Crippen LogP contribution < -0.4 is 14.2 Å². The summed E-state index contributed by atoms with van der Waals surface area (Å²) >= 11 is 0. The van der Waals surface area contributed by atoms with E-state index in [9.17, 15) is 24.9 Å². The van der Waals surface area contributed by atoms with Crippen LogP contribution in [0.2, 0.25) is 0 Å². The maximum atomic E-state index is 11.2. The van der Waals surface area contributed by atoms with E-state index in [2.05, 4.69) is 0 Å². The number of aliphatic hydroxyl groups is 1. The molecule has 0 saturated carbocycles. The molecule has 0 aliphatic rings. The van der Waals surface area contributed by atoms with Crippen molar-refractivity contribution in [1.82, 2.24) is 0 Å². The van der Waals surface area contributed by atoms with Gasteiger partial charge in [-0.1, -0.05) is 54.8 Å². The Morgan fingerprint density at radius 3 is 1.24 bits per heavy atom. The van der Waals surface area contributed by atoms with Gasteiger partial charge in [0.2, 0.25) is 0 Å². The van der Waals surface area contributed by atoms with Gasteiger partial charge in [-0.05, 0) is 113 Å². The van der Waals surface area contributed by atoms with Crippen molar-refractivity contribution >= 4 is 11.6 Å². The first-order chi connectivity index (χ1) is 21.9. The summed E-state index contributed by atoms with van der Waals surface area (Å²) in [5.41, 5.74) is 3.09. The third kappa shape index (κ3) is 21.7. The van der Waals surface area contributed by atoms with Gasteiger partial charge >= 0.3 is 0 Å². The molecule has 50 heavy (non-hydrogen) atoms. The number of rotatable bonds is 16. The predicted octanol–water partition coefficient (Wildman–Crippen LogP) is 9.66. The van der Waals surface area contributed by atoms with Gasteiger partial charge in [-0.3, -0.25) is 4.79 Å². The molecule has 0 aliphatic carbocycles. The van der Waals surface area contributed by atoms with Crippen LogP contribution in [0.25, 0.3) is 0 Å². The Bertz CT molecular complexity index is 1340. The summed E-state index contributed by atoms with van der Waals surface area (Å²) in [6, 6.07) is 15.7. The Morgan fingerprint density at radius 1 is 0.600 bits per heavy atom. The molecule has 0 amide bonds. The SMILES string of the molecule is C.C.C.C.CCOc1cc(CCC(=O)CC)ccc1O.CCOc1cc(CCC(C)=O)ccc1O.CCOc1cc(CCC(C)O)ccc1O. The first kappa shape index (κ1) is 52.6. The number of aromatic hydroxyl groups is 3. The summed E-state index contributed by atoms with van der Waals surface area (Å²) in [4.78, 5) is 22.0. The molecule has 9 heteroatoms. The van der Waals surface area contributed by atoms with Crippen molar-refractivity contribution in [1.29, 1.82) is 0 Å². The van der Waals surface area contributed by atoms with Crippen molar-refractivity contribution in [3.05, 3.63) is 71.3 Å². The van der Waals surface area contributed by atoms with Crippen LogP contribution in [0.4, 0.5) is 0 Å². The second kappa shape index (κ2) is 29.7. The number of hydrogen-bond donors (Lipinski definition) is 4. The van der Waals surface area contributed by atoms with Crippen molar-refractivity contribution in [3.8, 4) is 34.5 Å². The number of carbonyl (C=O) groups is 2. The van der Waals surface area contributed by atoms with Crippen LogP contribution in [-0.4, -0.2) is 57.9 Å². The smallest absolute Gasteiger partial charge is 0.161 e. The molecule has 4 N–H and O–H groups in total. The Balaban J connectivity index is -0.000000305. The quantitative estimate of drug-likeness (QED) is 0.115. The molecule has 9 nitrogen and oxygen atoms in total. The van der Waals surface area contributed by atoms with Crippen LogP contribution in [0, 0.1) is 0 Å². The second-order valence-corrected chi connectivity index (χ2v) is 10.7. The fourth-order valence-electron chi connectivity index (χ4n) is 4.11. The van der Waals surface area contributed by atoms with Gasteiger partial charge in [-0.2, -0.15) is 0 Å². The number of carbonyl (C=O) groups excluding carboxylic acids is 2. The van der Waals surface area contributed by atoms with Gasteiger partial charge in [0.1, 0.15) is 11.6 Å². The monoisotopic (exact) mass is 704 g/mol. The minimum Gasteiger partial charge on any atom is -0.504 e. The van der Waals surface area contributed by atoms with Crippen LogP contribution in [-0.2, 0) is 28.9 Å². The third-order valence-corrected chi connectivity index (χ3v) is 6.68. The Labute approximate surface area is 303 Å². The highest BCUT2D eigenvalue weighted by atomic mass is 16.5. The first-order valence-electron chi connectivity index (χ1n) is 16.0. The molecule has 3 aromatic rings. The predicted molar refractivity (Wildman–Crippen MR) is 207 cm³/mol. The van der Waals surface area contributed by atoms with E-state index in [1.165, 1.54) is 0 Å². The minimum absolute atomic E-state index is 0. The van der Waals surface area contributed by atoms with Gasteiger partial charge in [0, 0.05) is 19.3 Å². The summed E-state index contributed by atoms with van der Waals surface area (Å²) in [5, 5.41) is 37.6. The molecular weight excluding hydrogens is 636 g/mol. The van der Waals surface area contributed by atoms with E-state index in [0.29, 0.717) is 69.2 Å². The standard InChI is InChI=1S/C13H18O3.C12H18O3.C12H16O3.4CH4/c1-3-11(14)7-5-10-6-8-12(15)13(9-10)16-4-2;2*1-3-15-12-8-10(5-4-9(2)13)6-7-11(12)14;;;;/h6,8-9,15H,3-5,7H2,1-2H3;6-9,13-14H,3-5H2,1-2H3;6-8,14H,3-5H2,1-2H3;4*1H4. The van der Waals surface area contributed by atoms with Crippen LogP contribution in [0.3, 0.4) is 0 Å². The molecule has 0 heterocycles. The molecular formula is C41H68O9. The zero-order chi connectivity index (χ0) is 34.5. The zero-order valence-electron chi connectivity index (χ0n) is 28.2. The van der Waals surface area contributed by atoms with E-state index in [1.54, 1.807) is 50.2 Å². The van der Waals surface area contributed by atoms with Gasteiger partial charge in [-0.25, -0.2) is 0 Å². The molecule has 1 unspecified atom stereocenters. The molecule has 0 fully saturated rings. The lowest BCUT2D eigenvalue weighted by Gasteiger charge is -2.09. The normalized spacial score (nSPS) is 9.98. The molecule has 0 aromatic heterocycles. The molecule has 1 atom stereocenters. The summed E-state index contributed by atoms with van der Waals surface area (Å²) < 4.78 is 15.8. The molecule has 0 radical (unpaired) electrons. The van der Waals surface area contributed by atoms with Crippen LogP contribution >= 0.6 is 0 Å². The lowest BCUT2D eigenvalue weighted by molar-refractivity contribution is -0.119. The topological polar surface area (TPSA) is 143 Å². The minimum atomic E-state index is -0.297. The Hall–Kier alpha value is -4.24. The lowest BCUT2D eigenvalue weighted by Crippen LogP contribution is -2.01. The van der Waals surface area contributed by atoms with E-state index >= 15 is 0 Å². The van der Waals surface area contributed by atoms with Gasteiger partial charge in [0.05, 0.1) is 25.9 Å². The second-order valence-electron chi connectivity index (χ2n) is 10.7. The Morgan fingerprint density at radius 2 is 0.940 bits per heavy atom. The molecule has 3 rings (SSSR count). The number of Topliss-reactive ketones (excluding diaryl/α,β-unsaturated/α-hetero) is 2. The van der Waals surface area contributed by atoms with Crippen LogP contribution in [0.5, 0.6) is 34.5 Å². The van der Waals surface area contributed by atoms with E-state index < -0.39 is 0 Å². The maximum absolute atomic E-state index is 11.2. The first-order valence-corrected chi connectivity index (χ1v) is 16.0. The molecule has 286 valence electrons. The summed E-state index contributed by atoms with van der Waals surface area (Å²) in [6.07, 6.45) is 4.26. The lowest BCUT2D eigenvalue weighted by atomic mass is 10.1. The molecule has 0 aliphatic heterocycles. The van der Waals surface area contributed by atoms with Crippen LogP contribution in [0.1, 0.15) is 114 Å². The molecule has 0 saturated heterocycles. The largest absolute Gasteiger partial charge is 0.504 e. The number of benzene rings is 3. The summed E-state index contributed by atoms with van der Waals surface area (Å²) in [7, 11) is 0. The molecule has 3 aromatic carbocycles. The number of aryl methyl sites for hydroxylation is 3. The number of ether oxygens (including phenoxy) is 3. The molecule has 0 bridgehead atoms. The summed E-state index contributed by atoms with van der Waals surface area (Å²) in [5.74, 6) is 2.36. The fraction of sp³-hybridized carbons (Fsp3) is 0.512. The van der Waals surface area contributed by atoms with E-state index in [0.717, 1.165) is 29.5 Å². The highest BCUT2D eigenvalue weighted by molar-refractivity contribution is 5.78. The fourth-order valence-corrected chi connectivity index (χ4v) is 4.11. The number of phenols is 3. The van der Waals surface area contributed by atoms with Crippen molar-refractivity contribution in [2.75, 3.05) is 19.8 Å². The third-order valence-electron chi connectivity index (χ3n) is 6.68. The van der Waals surface area contributed by atoms with Crippen molar-refractivity contribution < 1.29 is 44.2 Å². The number of phenolic OH excluding ortho intramolecular Hbond substituents is 3. The van der Waals surface area contributed by atoms with Gasteiger partial charge < -0.3 is 39.4 Å². The van der Waals surface area contributed by atoms with Crippen LogP contribution in [0.15, 0.2) is 54.6 Å². The van der Waals surface area contributed by atoms with Gasteiger partial charge in [-0.15, -0.1) is 0 Å². The number of hydrogen-bond acceptors (Lipinski definition) is 9. The Kier molecular flexibility index (Phi) is 31.2. The maximum Gasteiger partial charge on any atom is 0.161 e. The van der Waals surface area contributed by atoms with E-state index in [-0.39, 0.29) is 64.6 Å². The van der Waals surface area contributed by atoms with Crippen molar-refractivity contribution in [3.63, 3.8) is 0 Å². The zero-order valence-corrected chi connectivity index (χ0v) is 28.2. The van der Waals surface area contributed by atoms with E-state index in [4.69, 9.17) is 19.3 Å². The van der Waals surface area contributed by atoms with E-state index in [1.807, 2.05) is 45.9 Å². The number of aliphatic hydroxyl groups excluding tert-OH is 1. The van der Waals surface area contributed by atoms with Crippen molar-refractivity contribution in [2.45, 2.75) is 122 Å². The average molecular weight is 705 g/mol. The highest BCUT2D eigenvalue weighted by Crippen LogP contribution is 2.29. The number of ketones is 2. The summed E-state index contributed by atoms with van der Waals surface area (Å²) in [6.45, 7) is 12.4. The van der Waals surface area contributed by atoms with Gasteiger partial charge in [0.15, 0.2) is 34.5 Å². The van der Waals surface area contributed by atoms with Crippen molar-refractivity contribution in [2.24, 2.45) is 0 Å². The molecule has 0 spiro atoms. The average Bonchev–Trinajstić information content (AvgIpc) is 3.03.